The summed E-state index contributed by atoms with van der Waals surface area (Å²) in [5.41, 5.74) is 0. The van der Waals surface area contributed by atoms with Crippen molar-refractivity contribution in [2.24, 2.45) is 0 Å². The molecule has 0 unspecified atom stereocenters. The smallest absolute Gasteiger partial charge is 0.480 e. The fourth-order valence-corrected chi connectivity index (χ4v) is 1.73. The zero-order chi connectivity index (χ0) is 22.1. The van der Waals surface area contributed by atoms with Gasteiger partial charge in [-0.2, -0.15) is 0 Å². The monoisotopic (exact) mass is 429 g/mol. The first kappa shape index (κ1) is 28.0. The maximum atomic E-state index is 10.6. The van der Waals surface area contributed by atoms with E-state index in [4.69, 9.17) is 34.8 Å². The molecule has 0 spiro atoms. The molecule has 162 valence electrons. The van der Waals surface area contributed by atoms with Crippen molar-refractivity contribution in [2.75, 3.05) is 39.3 Å². The van der Waals surface area contributed by atoms with Crippen LogP contribution in [0.25, 0.3) is 0 Å². The predicted octanol–water partition coefficient (Wildman–Crippen LogP) is -0.882. The Labute approximate surface area is 161 Å². The van der Waals surface area contributed by atoms with Crippen LogP contribution in [0.1, 0.15) is 25.7 Å². The molecule has 0 heterocycles. The molecule has 0 radical (unpaired) electrons. The minimum Gasteiger partial charge on any atom is -0.480 e. The Kier molecular flexibility index (Phi) is 17.0. The zero-order valence-electron chi connectivity index (χ0n) is 15.1. The lowest BCUT2D eigenvalue weighted by Gasteiger charge is -2.23. The van der Waals surface area contributed by atoms with Gasteiger partial charge in [0.05, 0.1) is 26.2 Å². The third kappa shape index (κ3) is 23.8. The number of rotatable bonds is 11. The molecule has 0 aromatic rings. The highest BCUT2D eigenvalue weighted by atomic mass is 31.1. The Bertz CT molecular complexity index is 449. The highest BCUT2D eigenvalue weighted by molar-refractivity contribution is 7.30. The van der Waals surface area contributed by atoms with Gasteiger partial charge < -0.3 is 20.4 Å². The largest absolute Gasteiger partial charge is 0.692 e. The van der Waals surface area contributed by atoms with E-state index in [-0.39, 0.29) is 13.1 Å². The van der Waals surface area contributed by atoms with Gasteiger partial charge in [0.25, 0.3) is 0 Å². The molecule has 1 aliphatic rings. The molecule has 1 fully saturated rings. The van der Waals surface area contributed by atoms with Gasteiger partial charge in [-0.1, -0.05) is 25.7 Å². The maximum Gasteiger partial charge on any atom is 0.692 e. The summed E-state index contributed by atoms with van der Waals surface area (Å²) in [5, 5.41) is 34.5. The standard InChI is InChI=1S/C10H16N2O8.C4H8.HO3P/c13-7(14)3-11(4-8(15)16)1-2-12(5-9(17)18)6-10(19)20;1-2-4-3-1;1-4(2)3/h1-6H2,(H,13,14)(H,15,16)(H,17,18)(H,19,20);1-4H2;(H-,1,2,3)/p+1. The normalized spacial score (nSPS) is 12.0. The molecule has 1 rings (SSSR count). The van der Waals surface area contributed by atoms with Crippen molar-refractivity contribution in [3.63, 3.8) is 0 Å². The topological polar surface area (TPSA) is 213 Å². The Morgan fingerprint density at radius 2 is 0.786 bits per heavy atom. The predicted molar refractivity (Wildman–Crippen MR) is 93.9 cm³/mol. The van der Waals surface area contributed by atoms with E-state index in [1.54, 1.807) is 0 Å². The van der Waals surface area contributed by atoms with Crippen molar-refractivity contribution in [1.82, 2.24) is 9.80 Å². The van der Waals surface area contributed by atoms with E-state index < -0.39 is 58.3 Å². The lowest BCUT2D eigenvalue weighted by atomic mass is 10.0. The second kappa shape index (κ2) is 17.0. The van der Waals surface area contributed by atoms with E-state index in [1.165, 1.54) is 25.7 Å². The molecule has 0 amide bonds. The minimum absolute atomic E-state index is 0.0703. The summed E-state index contributed by atoms with van der Waals surface area (Å²) in [6.45, 7) is -2.25. The van der Waals surface area contributed by atoms with Crippen LogP contribution in [-0.4, -0.2) is 103 Å². The number of nitrogens with zero attached hydrogens (tertiary/aromatic N) is 2. The zero-order valence-corrected chi connectivity index (χ0v) is 16.0. The summed E-state index contributed by atoms with van der Waals surface area (Å²) in [4.78, 5) is 58.6. The second-order valence-corrected chi connectivity index (χ2v) is 6.17. The quantitative estimate of drug-likeness (QED) is 0.220. The second-order valence-electron chi connectivity index (χ2n) is 5.66. The van der Waals surface area contributed by atoms with Gasteiger partial charge in [0.2, 0.25) is 0 Å². The lowest BCUT2D eigenvalue weighted by Crippen LogP contribution is -2.43. The van der Waals surface area contributed by atoms with Gasteiger partial charge in [0, 0.05) is 17.7 Å². The number of carbonyl (C=O) groups is 4. The molecule has 0 atom stereocenters. The summed E-state index contributed by atoms with van der Waals surface area (Å²) in [7, 11) is -2.87. The molecule has 0 bridgehead atoms. The Hall–Kier alpha value is -2.18. The molecule has 1 saturated carbocycles. The van der Waals surface area contributed by atoms with E-state index in [0.717, 1.165) is 9.80 Å². The van der Waals surface area contributed by atoms with Crippen LogP contribution >= 0.6 is 8.25 Å². The van der Waals surface area contributed by atoms with Gasteiger partial charge in [0.1, 0.15) is 0 Å². The molecule has 6 N–H and O–H groups in total. The van der Waals surface area contributed by atoms with Gasteiger partial charge >= 0.3 is 32.1 Å². The average molecular weight is 429 g/mol. The SMILES string of the molecule is C1CCC1.O=C(O)CN(CCN(CC(=O)O)CC(=O)O)CC(=O)O.O=[P+](O)O. The first-order valence-electron chi connectivity index (χ1n) is 8.11. The summed E-state index contributed by atoms with van der Waals surface area (Å²) >= 11 is 0. The molecule has 0 aromatic carbocycles. The molecule has 14 heteroatoms. The third-order valence-electron chi connectivity index (χ3n) is 3.17. The number of hydrogen-bond acceptors (Lipinski definition) is 7. The van der Waals surface area contributed by atoms with Gasteiger partial charge in [0.15, 0.2) is 0 Å². The molecular formula is C14H26N2O11P+. The molecule has 0 aliphatic heterocycles. The molecule has 13 nitrogen and oxygen atoms in total. The van der Waals surface area contributed by atoms with Crippen LogP contribution in [0.4, 0.5) is 0 Å². The molecule has 1 aliphatic carbocycles. The fourth-order valence-electron chi connectivity index (χ4n) is 1.73. The van der Waals surface area contributed by atoms with Crippen molar-refractivity contribution in [3.05, 3.63) is 0 Å². The van der Waals surface area contributed by atoms with E-state index in [9.17, 15) is 19.2 Å². The van der Waals surface area contributed by atoms with Crippen LogP contribution in [0.5, 0.6) is 0 Å². The van der Waals surface area contributed by atoms with E-state index in [2.05, 4.69) is 0 Å². The summed E-state index contributed by atoms with van der Waals surface area (Å²) in [5.74, 6) is -4.91. The molecule has 0 saturated heterocycles. The molecular weight excluding hydrogens is 403 g/mol. The first-order chi connectivity index (χ1) is 12.9. The highest BCUT2D eigenvalue weighted by Gasteiger charge is 2.18. The summed E-state index contributed by atoms with van der Waals surface area (Å²) in [6, 6.07) is 0. The Balaban J connectivity index is 0. The van der Waals surface area contributed by atoms with Gasteiger partial charge in [-0.05, 0) is 0 Å². The van der Waals surface area contributed by atoms with Crippen molar-refractivity contribution < 1.29 is 54.0 Å². The van der Waals surface area contributed by atoms with Crippen molar-refractivity contribution in [2.45, 2.75) is 25.7 Å². The Morgan fingerprint density at radius 3 is 0.893 bits per heavy atom. The van der Waals surface area contributed by atoms with E-state index in [0.29, 0.717) is 0 Å². The van der Waals surface area contributed by atoms with Crippen LogP contribution in [0, 0.1) is 0 Å². The van der Waals surface area contributed by atoms with Crippen molar-refractivity contribution in [3.8, 4) is 0 Å². The third-order valence-corrected chi connectivity index (χ3v) is 3.17. The number of hydrogen-bond donors (Lipinski definition) is 6. The van der Waals surface area contributed by atoms with Gasteiger partial charge in [-0.15, -0.1) is 9.79 Å². The van der Waals surface area contributed by atoms with Crippen LogP contribution < -0.4 is 0 Å². The fraction of sp³-hybridized carbons (Fsp3) is 0.714. The van der Waals surface area contributed by atoms with Crippen LogP contribution in [-0.2, 0) is 23.7 Å². The van der Waals surface area contributed by atoms with Crippen LogP contribution in [0.3, 0.4) is 0 Å². The minimum atomic E-state index is -2.87. The summed E-state index contributed by atoms with van der Waals surface area (Å²) < 4.78 is 8.70. The van der Waals surface area contributed by atoms with Crippen LogP contribution in [0.15, 0.2) is 0 Å². The number of carboxylic acid groups (broad SMARTS) is 4. The molecule has 28 heavy (non-hydrogen) atoms. The van der Waals surface area contributed by atoms with Crippen molar-refractivity contribution in [1.29, 1.82) is 0 Å². The van der Waals surface area contributed by atoms with Gasteiger partial charge in [-0.25, -0.2) is 0 Å². The highest BCUT2D eigenvalue weighted by Crippen LogP contribution is 2.15. The summed E-state index contributed by atoms with van der Waals surface area (Å²) in [6.07, 6.45) is 6.00. The van der Waals surface area contributed by atoms with E-state index >= 15 is 0 Å². The van der Waals surface area contributed by atoms with Crippen molar-refractivity contribution >= 4 is 32.1 Å². The number of carboxylic acids is 4. The van der Waals surface area contributed by atoms with Crippen LogP contribution in [0.2, 0.25) is 0 Å². The molecule has 0 aromatic heterocycles. The number of aliphatic carboxylic acids is 4. The Morgan fingerprint density at radius 1 is 0.607 bits per heavy atom. The van der Waals surface area contributed by atoms with E-state index in [1.807, 2.05) is 0 Å². The first-order valence-corrected chi connectivity index (χ1v) is 9.27. The average Bonchev–Trinajstić information content (AvgIpc) is 2.39. The van der Waals surface area contributed by atoms with Gasteiger partial charge in [-0.3, -0.25) is 29.0 Å². The lowest BCUT2D eigenvalue weighted by molar-refractivity contribution is -0.145. The maximum absolute atomic E-state index is 10.6.